The van der Waals surface area contributed by atoms with Gasteiger partial charge in [-0.2, -0.15) is 4.31 Å². The molecule has 1 amide bonds. The second-order valence-corrected chi connectivity index (χ2v) is 10.1. The molecule has 1 N–H and O–H groups in total. The summed E-state index contributed by atoms with van der Waals surface area (Å²) < 4.78 is 27.9. The van der Waals surface area contributed by atoms with Crippen molar-refractivity contribution in [2.45, 2.75) is 52.4 Å². The quantitative estimate of drug-likeness (QED) is 0.812. The molecule has 1 aliphatic heterocycles. The Kier molecular flexibility index (Phi) is 6.15. The second kappa shape index (κ2) is 8.28. The Morgan fingerprint density at radius 3 is 2.28 bits per heavy atom. The minimum atomic E-state index is -3.62. The number of benzene rings is 2. The summed E-state index contributed by atoms with van der Waals surface area (Å²) in [5.41, 5.74) is 5.66. The molecule has 2 aromatic rings. The van der Waals surface area contributed by atoms with E-state index >= 15 is 0 Å². The summed E-state index contributed by atoms with van der Waals surface area (Å²) in [6.07, 6.45) is 1.36. The van der Waals surface area contributed by atoms with Gasteiger partial charge in [0.25, 0.3) is 0 Å². The molecule has 6 heteroatoms. The molecular weight excluding hydrogens is 384 g/mol. The van der Waals surface area contributed by atoms with E-state index in [1.807, 2.05) is 58.9 Å². The normalized spacial score (nSPS) is 17.9. The highest BCUT2D eigenvalue weighted by Crippen LogP contribution is 2.28. The SMILES string of the molecule is Cc1cc(C)c(NC(=O)C2CCCN(S(=O)(=O)c3cc(C)ccc3C)C2)c(C)c1. The van der Waals surface area contributed by atoms with Gasteiger partial charge in [-0.3, -0.25) is 4.79 Å². The number of carbonyl (C=O) groups is 1. The largest absolute Gasteiger partial charge is 0.325 e. The van der Waals surface area contributed by atoms with E-state index < -0.39 is 10.0 Å². The molecule has 1 unspecified atom stereocenters. The molecule has 0 radical (unpaired) electrons. The fourth-order valence-corrected chi connectivity index (χ4v) is 5.94. The van der Waals surface area contributed by atoms with Crippen molar-refractivity contribution in [3.05, 3.63) is 58.1 Å². The number of rotatable bonds is 4. The van der Waals surface area contributed by atoms with Crippen LogP contribution in [0, 0.1) is 40.5 Å². The number of amides is 1. The summed E-state index contributed by atoms with van der Waals surface area (Å²) in [6.45, 7) is 10.3. The van der Waals surface area contributed by atoms with Crippen LogP contribution in [-0.4, -0.2) is 31.7 Å². The molecule has 1 aliphatic rings. The van der Waals surface area contributed by atoms with E-state index in [4.69, 9.17) is 0 Å². The highest BCUT2D eigenvalue weighted by atomic mass is 32.2. The molecule has 0 saturated carbocycles. The molecule has 5 nitrogen and oxygen atoms in total. The van der Waals surface area contributed by atoms with E-state index in [9.17, 15) is 13.2 Å². The molecule has 0 aromatic heterocycles. The first kappa shape index (κ1) is 21.5. The smallest absolute Gasteiger partial charge is 0.243 e. The minimum Gasteiger partial charge on any atom is -0.325 e. The predicted octanol–water partition coefficient (Wildman–Crippen LogP) is 4.27. The third kappa shape index (κ3) is 4.54. The zero-order valence-corrected chi connectivity index (χ0v) is 18.7. The number of aryl methyl sites for hydroxylation is 5. The van der Waals surface area contributed by atoms with Crippen molar-refractivity contribution >= 4 is 21.6 Å². The Balaban J connectivity index is 1.80. The Labute approximate surface area is 174 Å². The van der Waals surface area contributed by atoms with Gasteiger partial charge in [0.05, 0.1) is 10.8 Å². The molecule has 0 spiro atoms. The lowest BCUT2D eigenvalue weighted by molar-refractivity contribution is -0.120. The van der Waals surface area contributed by atoms with E-state index in [1.54, 1.807) is 6.07 Å². The Hall–Kier alpha value is -2.18. The minimum absolute atomic E-state index is 0.110. The molecule has 1 atom stereocenters. The topological polar surface area (TPSA) is 66.5 Å². The molecule has 0 aliphatic carbocycles. The molecule has 0 bridgehead atoms. The van der Waals surface area contributed by atoms with Gasteiger partial charge in [0, 0.05) is 18.8 Å². The van der Waals surface area contributed by atoms with E-state index in [-0.39, 0.29) is 18.4 Å². The predicted molar refractivity (Wildman–Crippen MR) is 117 cm³/mol. The fraction of sp³-hybridized carbons (Fsp3) is 0.435. The van der Waals surface area contributed by atoms with Gasteiger partial charge in [0.1, 0.15) is 0 Å². The summed E-state index contributed by atoms with van der Waals surface area (Å²) in [4.78, 5) is 13.3. The Bertz CT molecular complexity index is 1020. The summed E-state index contributed by atoms with van der Waals surface area (Å²) in [5.74, 6) is -0.468. The van der Waals surface area contributed by atoms with Gasteiger partial charge < -0.3 is 5.32 Å². The van der Waals surface area contributed by atoms with Crippen LogP contribution in [0.25, 0.3) is 0 Å². The van der Waals surface area contributed by atoms with Crippen LogP contribution < -0.4 is 5.32 Å². The standard InChI is InChI=1S/C23H30N2O3S/c1-15-8-9-17(3)21(13-15)29(27,28)25-10-6-7-20(14-25)23(26)24-22-18(4)11-16(2)12-19(22)5/h8-9,11-13,20H,6-7,10,14H2,1-5H3,(H,24,26). The number of hydrogen-bond acceptors (Lipinski definition) is 3. The average molecular weight is 415 g/mol. The molecule has 3 rings (SSSR count). The highest BCUT2D eigenvalue weighted by Gasteiger charge is 2.34. The summed E-state index contributed by atoms with van der Waals surface area (Å²) in [6, 6.07) is 9.54. The van der Waals surface area contributed by atoms with Gasteiger partial charge in [0.2, 0.25) is 15.9 Å². The van der Waals surface area contributed by atoms with Crippen LogP contribution in [0.3, 0.4) is 0 Å². The lowest BCUT2D eigenvalue weighted by Crippen LogP contribution is -2.44. The molecule has 1 fully saturated rings. The highest BCUT2D eigenvalue weighted by molar-refractivity contribution is 7.89. The van der Waals surface area contributed by atoms with Crippen molar-refractivity contribution < 1.29 is 13.2 Å². The van der Waals surface area contributed by atoms with Crippen molar-refractivity contribution in [2.24, 2.45) is 5.92 Å². The first-order chi connectivity index (χ1) is 13.6. The first-order valence-corrected chi connectivity index (χ1v) is 11.5. The van der Waals surface area contributed by atoms with Crippen LogP contribution in [0.15, 0.2) is 35.2 Å². The van der Waals surface area contributed by atoms with Crippen molar-refractivity contribution in [1.29, 1.82) is 0 Å². The van der Waals surface area contributed by atoms with E-state index in [0.29, 0.717) is 24.3 Å². The zero-order chi connectivity index (χ0) is 21.3. The third-order valence-corrected chi connectivity index (χ3v) is 7.65. The number of anilines is 1. The van der Waals surface area contributed by atoms with Crippen molar-refractivity contribution in [1.82, 2.24) is 4.31 Å². The number of piperidine rings is 1. The number of hydrogen-bond donors (Lipinski definition) is 1. The molecule has 1 heterocycles. The van der Waals surface area contributed by atoms with E-state index in [0.717, 1.165) is 33.5 Å². The number of carbonyl (C=O) groups excluding carboxylic acids is 1. The monoisotopic (exact) mass is 414 g/mol. The van der Waals surface area contributed by atoms with Gasteiger partial charge in [-0.1, -0.05) is 29.8 Å². The molecule has 156 valence electrons. The zero-order valence-electron chi connectivity index (χ0n) is 17.9. The van der Waals surface area contributed by atoms with Crippen LogP contribution in [-0.2, 0) is 14.8 Å². The Morgan fingerprint density at radius 2 is 1.62 bits per heavy atom. The third-order valence-electron chi connectivity index (χ3n) is 5.64. The van der Waals surface area contributed by atoms with Crippen LogP contribution in [0.1, 0.15) is 40.7 Å². The van der Waals surface area contributed by atoms with Crippen LogP contribution in [0.4, 0.5) is 5.69 Å². The fourth-order valence-electron chi connectivity index (χ4n) is 4.10. The molecule has 1 saturated heterocycles. The first-order valence-electron chi connectivity index (χ1n) is 10.1. The maximum atomic E-state index is 13.2. The van der Waals surface area contributed by atoms with E-state index in [1.165, 1.54) is 4.31 Å². The number of nitrogens with zero attached hydrogens (tertiary/aromatic N) is 1. The summed E-state index contributed by atoms with van der Waals surface area (Å²) >= 11 is 0. The van der Waals surface area contributed by atoms with Crippen molar-refractivity contribution in [2.75, 3.05) is 18.4 Å². The van der Waals surface area contributed by atoms with Gasteiger partial charge in [-0.15, -0.1) is 0 Å². The van der Waals surface area contributed by atoms with E-state index in [2.05, 4.69) is 5.32 Å². The lowest BCUT2D eigenvalue weighted by Gasteiger charge is -2.32. The maximum absolute atomic E-state index is 13.2. The molecule has 2 aromatic carbocycles. The number of nitrogens with one attached hydrogen (secondary N) is 1. The Morgan fingerprint density at radius 1 is 0.966 bits per heavy atom. The van der Waals surface area contributed by atoms with Gasteiger partial charge in [-0.05, 0) is 75.8 Å². The lowest BCUT2D eigenvalue weighted by atomic mass is 9.98. The second-order valence-electron chi connectivity index (χ2n) is 8.23. The van der Waals surface area contributed by atoms with Crippen LogP contribution in [0.2, 0.25) is 0 Å². The van der Waals surface area contributed by atoms with Crippen molar-refractivity contribution in [3.8, 4) is 0 Å². The molecular formula is C23H30N2O3S. The summed E-state index contributed by atoms with van der Waals surface area (Å²) in [5, 5.41) is 3.05. The van der Waals surface area contributed by atoms with Gasteiger partial charge in [0.15, 0.2) is 0 Å². The van der Waals surface area contributed by atoms with Crippen molar-refractivity contribution in [3.63, 3.8) is 0 Å². The van der Waals surface area contributed by atoms with Gasteiger partial charge in [-0.25, -0.2) is 8.42 Å². The van der Waals surface area contributed by atoms with Gasteiger partial charge >= 0.3 is 0 Å². The average Bonchev–Trinajstić information content (AvgIpc) is 2.66. The van der Waals surface area contributed by atoms with Crippen LogP contribution >= 0.6 is 0 Å². The number of sulfonamides is 1. The summed E-state index contributed by atoms with van der Waals surface area (Å²) in [7, 11) is -3.62. The maximum Gasteiger partial charge on any atom is 0.243 e. The molecule has 29 heavy (non-hydrogen) atoms. The van der Waals surface area contributed by atoms with Crippen LogP contribution in [0.5, 0.6) is 0 Å².